The number of carbonyl (C=O) groups is 2. The number of hydrogen-bond acceptors (Lipinski definition) is 3. The molecule has 4 heteroatoms. The average molecular weight is 297 g/mol. The van der Waals surface area contributed by atoms with Crippen molar-refractivity contribution < 1.29 is 14.3 Å². The van der Waals surface area contributed by atoms with E-state index in [9.17, 15) is 9.59 Å². The molecule has 0 atom stereocenters. The van der Waals surface area contributed by atoms with Crippen molar-refractivity contribution in [3.8, 4) is 0 Å². The number of esters is 1. The maximum atomic E-state index is 12.1. The zero-order chi connectivity index (χ0) is 16.1. The van der Waals surface area contributed by atoms with E-state index in [1.807, 2.05) is 25.1 Å². The van der Waals surface area contributed by atoms with E-state index in [2.05, 4.69) is 5.32 Å². The molecule has 0 aromatic heterocycles. The summed E-state index contributed by atoms with van der Waals surface area (Å²) in [5, 5.41) is 2.80. The number of amides is 1. The summed E-state index contributed by atoms with van der Waals surface area (Å²) in [5.41, 5.74) is 2.72. The van der Waals surface area contributed by atoms with Gasteiger partial charge < -0.3 is 10.1 Å². The van der Waals surface area contributed by atoms with Crippen molar-refractivity contribution in [2.45, 2.75) is 26.9 Å². The van der Waals surface area contributed by atoms with Gasteiger partial charge in [0.2, 0.25) is 0 Å². The number of hydrogen-bond donors (Lipinski definition) is 1. The largest absolute Gasteiger partial charge is 0.459 e. The molecular weight excluding hydrogens is 278 g/mol. The summed E-state index contributed by atoms with van der Waals surface area (Å²) < 4.78 is 5.11. The lowest BCUT2D eigenvalue weighted by Crippen LogP contribution is -2.13. The number of nitrogens with one attached hydrogen (secondary N) is 1. The molecule has 0 aliphatic rings. The second kappa shape index (κ2) is 6.89. The Hall–Kier alpha value is -2.62. The molecule has 0 unspecified atom stereocenters. The van der Waals surface area contributed by atoms with Crippen LogP contribution in [0.3, 0.4) is 0 Å². The van der Waals surface area contributed by atoms with Crippen molar-refractivity contribution >= 4 is 17.6 Å². The molecule has 1 N–H and O–H groups in total. The van der Waals surface area contributed by atoms with Crippen LogP contribution in [0.2, 0.25) is 0 Å². The van der Waals surface area contributed by atoms with Crippen molar-refractivity contribution in [2.75, 3.05) is 5.32 Å². The fourth-order valence-electron chi connectivity index (χ4n) is 1.96. The van der Waals surface area contributed by atoms with Gasteiger partial charge in [-0.3, -0.25) is 4.79 Å². The highest BCUT2D eigenvalue weighted by Crippen LogP contribution is 2.13. The van der Waals surface area contributed by atoms with E-state index in [-0.39, 0.29) is 18.0 Å². The minimum Gasteiger partial charge on any atom is -0.459 e. The molecule has 1 amide bonds. The quantitative estimate of drug-likeness (QED) is 0.873. The van der Waals surface area contributed by atoms with Crippen LogP contribution in [0.25, 0.3) is 0 Å². The topological polar surface area (TPSA) is 55.4 Å². The van der Waals surface area contributed by atoms with Gasteiger partial charge in [-0.15, -0.1) is 0 Å². The van der Waals surface area contributed by atoms with Gasteiger partial charge in [-0.2, -0.15) is 0 Å². The zero-order valence-electron chi connectivity index (χ0n) is 12.9. The number of ether oxygens (including phenoxy) is 1. The average Bonchev–Trinajstić information content (AvgIpc) is 2.47. The Morgan fingerprint density at radius 2 is 1.68 bits per heavy atom. The van der Waals surface area contributed by atoms with E-state index in [1.165, 1.54) is 0 Å². The van der Waals surface area contributed by atoms with E-state index in [1.54, 1.807) is 44.2 Å². The first kappa shape index (κ1) is 15.8. The standard InChI is InChI=1S/C18H19NO3/c1-12(2)22-18(21)14-7-9-16(10-8-14)19-17(20)15-6-4-5-13(3)11-15/h4-12H,1-3H3,(H,19,20). The number of benzene rings is 2. The number of rotatable bonds is 4. The first-order chi connectivity index (χ1) is 10.5. The highest BCUT2D eigenvalue weighted by atomic mass is 16.5. The normalized spacial score (nSPS) is 10.4. The second-order valence-electron chi connectivity index (χ2n) is 5.36. The first-order valence-electron chi connectivity index (χ1n) is 7.15. The summed E-state index contributed by atoms with van der Waals surface area (Å²) in [4.78, 5) is 23.9. The van der Waals surface area contributed by atoms with Crippen LogP contribution >= 0.6 is 0 Å². The molecule has 114 valence electrons. The third-order valence-corrected chi connectivity index (χ3v) is 3.00. The predicted octanol–water partition coefficient (Wildman–Crippen LogP) is 3.81. The van der Waals surface area contributed by atoms with E-state index < -0.39 is 0 Å². The van der Waals surface area contributed by atoms with Crippen LogP contribution < -0.4 is 5.32 Å². The molecule has 0 aliphatic heterocycles. The fraction of sp³-hybridized carbons (Fsp3) is 0.222. The summed E-state index contributed by atoms with van der Waals surface area (Å²) in [6.45, 7) is 5.54. The van der Waals surface area contributed by atoms with Crippen molar-refractivity contribution in [3.05, 3.63) is 65.2 Å². The Morgan fingerprint density at radius 3 is 2.27 bits per heavy atom. The lowest BCUT2D eigenvalue weighted by atomic mass is 10.1. The first-order valence-corrected chi connectivity index (χ1v) is 7.15. The molecule has 4 nitrogen and oxygen atoms in total. The Balaban J connectivity index is 2.05. The van der Waals surface area contributed by atoms with Gasteiger partial charge in [-0.1, -0.05) is 17.7 Å². The molecule has 0 saturated heterocycles. The van der Waals surface area contributed by atoms with E-state index >= 15 is 0 Å². The van der Waals surface area contributed by atoms with Crippen LogP contribution in [0, 0.1) is 6.92 Å². The molecule has 0 heterocycles. The van der Waals surface area contributed by atoms with Crippen molar-refractivity contribution in [1.29, 1.82) is 0 Å². The minimum absolute atomic E-state index is 0.159. The zero-order valence-corrected chi connectivity index (χ0v) is 12.9. The summed E-state index contributed by atoms with van der Waals surface area (Å²) in [6.07, 6.45) is -0.159. The molecule has 2 rings (SSSR count). The minimum atomic E-state index is -0.369. The van der Waals surface area contributed by atoms with Gasteiger partial charge in [0, 0.05) is 11.3 Å². The van der Waals surface area contributed by atoms with Crippen molar-refractivity contribution in [1.82, 2.24) is 0 Å². The summed E-state index contributed by atoms with van der Waals surface area (Å²) in [6, 6.07) is 14.0. The van der Waals surface area contributed by atoms with Gasteiger partial charge in [0.25, 0.3) is 5.91 Å². The summed E-state index contributed by atoms with van der Waals surface area (Å²) >= 11 is 0. The molecule has 0 aliphatic carbocycles. The smallest absolute Gasteiger partial charge is 0.338 e. The highest BCUT2D eigenvalue weighted by Gasteiger charge is 2.10. The van der Waals surface area contributed by atoms with Gasteiger partial charge in [0.05, 0.1) is 11.7 Å². The number of anilines is 1. The third kappa shape index (κ3) is 4.19. The summed E-state index contributed by atoms with van der Waals surface area (Å²) in [7, 11) is 0. The van der Waals surface area contributed by atoms with Crippen molar-refractivity contribution in [2.24, 2.45) is 0 Å². The van der Waals surface area contributed by atoms with E-state index in [0.29, 0.717) is 16.8 Å². The highest BCUT2D eigenvalue weighted by molar-refractivity contribution is 6.04. The third-order valence-electron chi connectivity index (χ3n) is 3.00. The van der Waals surface area contributed by atoms with Crippen LogP contribution in [0.1, 0.15) is 40.1 Å². The molecule has 22 heavy (non-hydrogen) atoms. The van der Waals surface area contributed by atoms with Gasteiger partial charge >= 0.3 is 5.97 Å². The molecule has 0 bridgehead atoms. The van der Waals surface area contributed by atoms with Crippen LogP contribution in [-0.4, -0.2) is 18.0 Å². The van der Waals surface area contributed by atoms with E-state index in [0.717, 1.165) is 5.56 Å². The van der Waals surface area contributed by atoms with Gasteiger partial charge in [-0.25, -0.2) is 4.79 Å². The van der Waals surface area contributed by atoms with E-state index in [4.69, 9.17) is 4.74 Å². The van der Waals surface area contributed by atoms with Crippen LogP contribution in [-0.2, 0) is 4.74 Å². The van der Waals surface area contributed by atoms with Crippen LogP contribution in [0.4, 0.5) is 5.69 Å². The lowest BCUT2D eigenvalue weighted by Gasteiger charge is -2.09. The predicted molar refractivity (Wildman–Crippen MR) is 86.1 cm³/mol. The molecule has 2 aromatic carbocycles. The van der Waals surface area contributed by atoms with Crippen LogP contribution in [0.5, 0.6) is 0 Å². The van der Waals surface area contributed by atoms with Gasteiger partial charge in [0.1, 0.15) is 0 Å². The number of aryl methyl sites for hydroxylation is 1. The Labute approximate surface area is 130 Å². The maximum Gasteiger partial charge on any atom is 0.338 e. The van der Waals surface area contributed by atoms with Gasteiger partial charge in [-0.05, 0) is 57.2 Å². The van der Waals surface area contributed by atoms with Gasteiger partial charge in [0.15, 0.2) is 0 Å². The molecule has 0 saturated carbocycles. The maximum absolute atomic E-state index is 12.1. The molecular formula is C18H19NO3. The summed E-state index contributed by atoms with van der Waals surface area (Å²) in [5.74, 6) is -0.548. The monoisotopic (exact) mass is 297 g/mol. The molecule has 0 fully saturated rings. The van der Waals surface area contributed by atoms with Crippen molar-refractivity contribution in [3.63, 3.8) is 0 Å². The lowest BCUT2D eigenvalue weighted by molar-refractivity contribution is 0.0378. The van der Waals surface area contributed by atoms with Crippen LogP contribution in [0.15, 0.2) is 48.5 Å². The Kier molecular flexibility index (Phi) is 4.94. The molecule has 0 spiro atoms. The molecule has 0 radical (unpaired) electrons. The Bertz CT molecular complexity index is 675. The molecule has 2 aromatic rings. The SMILES string of the molecule is Cc1cccc(C(=O)Nc2ccc(C(=O)OC(C)C)cc2)c1. The number of carbonyl (C=O) groups excluding carboxylic acids is 2. The fourth-order valence-corrected chi connectivity index (χ4v) is 1.96. The second-order valence-corrected chi connectivity index (χ2v) is 5.36. The Morgan fingerprint density at radius 1 is 1.00 bits per heavy atom.